The van der Waals surface area contributed by atoms with E-state index in [1.807, 2.05) is 17.0 Å². The lowest BCUT2D eigenvalue weighted by Crippen LogP contribution is -2.41. The highest BCUT2D eigenvalue weighted by atomic mass is 35.5. The predicted molar refractivity (Wildman–Crippen MR) is 147 cm³/mol. The lowest BCUT2D eigenvalue weighted by Gasteiger charge is -2.29. The van der Waals surface area contributed by atoms with Crippen molar-refractivity contribution in [3.05, 3.63) is 47.1 Å². The third kappa shape index (κ3) is 4.91. The third-order valence-electron chi connectivity index (χ3n) is 7.92. The molecule has 0 saturated heterocycles. The van der Waals surface area contributed by atoms with Gasteiger partial charge in [-0.1, -0.05) is 57.5 Å². The van der Waals surface area contributed by atoms with Gasteiger partial charge < -0.3 is 21.3 Å². The zero-order chi connectivity index (χ0) is 26.5. The number of hydrogen-bond donors (Lipinski definition) is 3. The van der Waals surface area contributed by atoms with Gasteiger partial charge in [-0.05, 0) is 53.7 Å². The van der Waals surface area contributed by atoms with Gasteiger partial charge in [0.05, 0.1) is 12.1 Å². The maximum absolute atomic E-state index is 13.1. The molecule has 0 radical (unpaired) electrons. The number of benzene rings is 1. The van der Waals surface area contributed by atoms with Crippen molar-refractivity contribution in [3.8, 4) is 0 Å². The summed E-state index contributed by atoms with van der Waals surface area (Å²) < 4.78 is 0. The van der Waals surface area contributed by atoms with Crippen LogP contribution in [0.2, 0.25) is 5.02 Å². The molecule has 5 rings (SSSR count). The zero-order valence-corrected chi connectivity index (χ0v) is 22.5. The van der Waals surface area contributed by atoms with E-state index in [9.17, 15) is 9.59 Å². The quantitative estimate of drug-likeness (QED) is 0.440. The van der Waals surface area contributed by atoms with Crippen LogP contribution in [-0.2, 0) is 15.0 Å². The summed E-state index contributed by atoms with van der Waals surface area (Å²) in [7, 11) is 0. The maximum atomic E-state index is 13.1. The van der Waals surface area contributed by atoms with Gasteiger partial charge in [0.2, 0.25) is 17.8 Å². The zero-order valence-electron chi connectivity index (χ0n) is 21.8. The fourth-order valence-corrected chi connectivity index (χ4v) is 6.16. The van der Waals surface area contributed by atoms with Crippen LogP contribution in [0.1, 0.15) is 52.5 Å². The molecule has 1 aromatic carbocycles. The molecule has 1 saturated carbocycles. The molecular formula is C28H35ClN6O2. The smallest absolute Gasteiger partial charge is 0.229 e. The second-order valence-corrected chi connectivity index (χ2v) is 12.0. The molecule has 196 valence electrons. The van der Waals surface area contributed by atoms with Crippen LogP contribution in [0.4, 0.5) is 23.1 Å². The minimum absolute atomic E-state index is 0.116. The van der Waals surface area contributed by atoms with Gasteiger partial charge in [-0.2, -0.15) is 4.98 Å². The van der Waals surface area contributed by atoms with Crippen LogP contribution in [0.25, 0.3) is 0 Å². The number of fused-ring (bicyclic) bond motifs is 3. The molecule has 8 nitrogen and oxygen atoms in total. The second kappa shape index (κ2) is 9.63. The number of amides is 2. The molecular weight excluding hydrogens is 488 g/mol. The van der Waals surface area contributed by atoms with Gasteiger partial charge in [-0.25, -0.2) is 4.98 Å². The number of aromatic nitrogens is 2. The van der Waals surface area contributed by atoms with Crippen LogP contribution in [0.5, 0.6) is 0 Å². The van der Waals surface area contributed by atoms with Gasteiger partial charge >= 0.3 is 0 Å². The van der Waals surface area contributed by atoms with Gasteiger partial charge in [-0.15, -0.1) is 0 Å². The van der Waals surface area contributed by atoms with Gasteiger partial charge in [0.1, 0.15) is 5.02 Å². The number of carbonyl (C=O) groups is 2. The first-order chi connectivity index (χ1) is 17.5. The fraction of sp³-hybridized carbons (Fsp3) is 0.500. The van der Waals surface area contributed by atoms with Crippen molar-refractivity contribution >= 4 is 46.6 Å². The molecule has 1 aliphatic heterocycles. The van der Waals surface area contributed by atoms with Crippen molar-refractivity contribution in [1.82, 2.24) is 9.97 Å². The fourth-order valence-electron chi connectivity index (χ4n) is 6.02. The molecule has 2 aromatic rings. The average Bonchev–Trinajstić information content (AvgIpc) is 3.42. The standard InChI is InChI=1S/C28H35ClN6O2/c1-15(2)14-35-21-12-18(7-8-19(21)28(3,4)10-9-22(35)36)32-27-31-13-20(29)26(34-27)33-24-17-6-5-16(11-17)23(24)25(30)37/h5-8,12-13,15-17,23-24H,9-11,14H2,1-4H3,(H2,30,37)(H2,31,32,33,34)/t16-,17+,23+,24-/m1/s1. The van der Waals surface area contributed by atoms with Crippen LogP contribution in [0.15, 0.2) is 36.5 Å². The molecule has 4 N–H and O–H groups in total. The summed E-state index contributed by atoms with van der Waals surface area (Å²) in [4.78, 5) is 36.1. The van der Waals surface area contributed by atoms with E-state index >= 15 is 0 Å². The summed E-state index contributed by atoms with van der Waals surface area (Å²) in [6.45, 7) is 9.28. The Morgan fingerprint density at radius 1 is 1.27 bits per heavy atom. The van der Waals surface area contributed by atoms with Gasteiger partial charge in [-0.3, -0.25) is 9.59 Å². The number of primary amides is 1. The van der Waals surface area contributed by atoms with E-state index in [1.54, 1.807) is 6.20 Å². The SMILES string of the molecule is CC(C)CN1C(=O)CCC(C)(C)c2ccc(Nc3ncc(Cl)c(N[C@H]4[C@@H](C(N)=O)[C@@H]5C=C[C@H]4C5)n3)cc21. The molecule has 3 aliphatic rings. The van der Waals surface area contributed by atoms with Crippen molar-refractivity contribution in [2.75, 3.05) is 22.1 Å². The molecule has 2 bridgehead atoms. The summed E-state index contributed by atoms with van der Waals surface area (Å²) in [6, 6.07) is 5.95. The summed E-state index contributed by atoms with van der Waals surface area (Å²) in [6.07, 6.45) is 7.99. The molecule has 0 unspecified atom stereocenters. The van der Waals surface area contributed by atoms with Crippen molar-refractivity contribution in [3.63, 3.8) is 0 Å². The summed E-state index contributed by atoms with van der Waals surface area (Å²) >= 11 is 6.44. The Hall–Kier alpha value is -3.13. The first kappa shape index (κ1) is 25.5. The van der Waals surface area contributed by atoms with Crippen LogP contribution >= 0.6 is 11.6 Å². The topological polar surface area (TPSA) is 113 Å². The highest BCUT2D eigenvalue weighted by molar-refractivity contribution is 6.32. The van der Waals surface area contributed by atoms with E-state index in [4.69, 9.17) is 17.3 Å². The Balaban J connectivity index is 1.43. The van der Waals surface area contributed by atoms with Crippen LogP contribution in [-0.4, -0.2) is 34.4 Å². The molecule has 4 atom stereocenters. The molecule has 9 heteroatoms. The summed E-state index contributed by atoms with van der Waals surface area (Å²) in [5.41, 5.74) is 8.47. The first-order valence-corrected chi connectivity index (χ1v) is 13.4. The first-order valence-electron chi connectivity index (χ1n) is 13.0. The van der Waals surface area contributed by atoms with E-state index < -0.39 is 0 Å². The lowest BCUT2D eigenvalue weighted by atomic mass is 9.80. The number of nitrogens with zero attached hydrogens (tertiary/aromatic N) is 3. The number of nitrogens with one attached hydrogen (secondary N) is 2. The molecule has 1 fully saturated rings. The van der Waals surface area contributed by atoms with Crippen LogP contribution < -0.4 is 21.3 Å². The Bertz CT molecular complexity index is 1260. The van der Waals surface area contributed by atoms with Gasteiger partial charge in [0, 0.05) is 30.4 Å². The number of rotatable bonds is 7. The van der Waals surface area contributed by atoms with Crippen molar-refractivity contribution < 1.29 is 9.59 Å². The Labute approximate surface area is 223 Å². The largest absolute Gasteiger partial charge is 0.369 e. The second-order valence-electron chi connectivity index (χ2n) is 11.6. The number of allylic oxidation sites excluding steroid dienone is 1. The molecule has 2 heterocycles. The normalized spacial score (nSPS) is 25.8. The van der Waals surface area contributed by atoms with E-state index in [0.717, 1.165) is 29.8 Å². The minimum Gasteiger partial charge on any atom is -0.369 e. The molecule has 0 spiro atoms. The van der Waals surface area contributed by atoms with Crippen LogP contribution in [0, 0.1) is 23.7 Å². The molecule has 2 amide bonds. The van der Waals surface area contributed by atoms with E-state index in [2.05, 4.69) is 66.5 Å². The number of halogens is 1. The molecule has 1 aromatic heterocycles. The van der Waals surface area contributed by atoms with E-state index in [1.165, 1.54) is 0 Å². The average molecular weight is 523 g/mol. The van der Waals surface area contributed by atoms with Crippen molar-refractivity contribution in [1.29, 1.82) is 0 Å². The predicted octanol–water partition coefficient (Wildman–Crippen LogP) is 5.02. The highest BCUT2D eigenvalue weighted by Gasteiger charge is 2.47. The Morgan fingerprint density at radius 3 is 2.76 bits per heavy atom. The maximum Gasteiger partial charge on any atom is 0.229 e. The summed E-state index contributed by atoms with van der Waals surface area (Å²) in [5.74, 6) is 1.07. The van der Waals surface area contributed by atoms with Crippen molar-refractivity contribution in [2.24, 2.45) is 29.4 Å². The lowest BCUT2D eigenvalue weighted by molar-refractivity contribution is -0.122. The van der Waals surface area contributed by atoms with Gasteiger partial charge in [0.25, 0.3) is 0 Å². The molecule has 2 aliphatic carbocycles. The van der Waals surface area contributed by atoms with E-state index in [0.29, 0.717) is 35.7 Å². The van der Waals surface area contributed by atoms with Crippen LogP contribution in [0.3, 0.4) is 0 Å². The third-order valence-corrected chi connectivity index (χ3v) is 8.20. The number of anilines is 4. The van der Waals surface area contributed by atoms with E-state index in [-0.39, 0.29) is 41.0 Å². The number of hydrogen-bond acceptors (Lipinski definition) is 6. The monoisotopic (exact) mass is 522 g/mol. The van der Waals surface area contributed by atoms with Crippen molar-refractivity contribution in [2.45, 2.75) is 58.4 Å². The summed E-state index contributed by atoms with van der Waals surface area (Å²) in [5, 5.41) is 7.03. The minimum atomic E-state index is -0.314. The Morgan fingerprint density at radius 2 is 2.03 bits per heavy atom. The number of carbonyl (C=O) groups excluding carboxylic acids is 2. The molecule has 37 heavy (non-hydrogen) atoms. The van der Waals surface area contributed by atoms with Gasteiger partial charge in [0.15, 0.2) is 5.82 Å². The Kier molecular flexibility index (Phi) is 6.64. The highest BCUT2D eigenvalue weighted by Crippen LogP contribution is 2.45. The number of nitrogens with two attached hydrogens (primary N) is 1.